The molecule has 0 aliphatic carbocycles. The third kappa shape index (κ3) is 2.68. The van der Waals surface area contributed by atoms with Crippen molar-refractivity contribution >= 4 is 12.0 Å². The number of nitrogens with zero attached hydrogens (tertiary/aromatic N) is 1. The highest BCUT2D eigenvalue weighted by Crippen LogP contribution is 2.29. The number of esters is 1. The van der Waals surface area contributed by atoms with Crippen molar-refractivity contribution in [2.45, 2.75) is 12.6 Å². The molecular formula is C18H17NO2. The fourth-order valence-corrected chi connectivity index (χ4v) is 2.65. The average molecular weight is 279 g/mol. The third-order valence-corrected chi connectivity index (χ3v) is 3.72. The lowest BCUT2D eigenvalue weighted by Crippen LogP contribution is -2.32. The summed E-state index contributed by atoms with van der Waals surface area (Å²) in [5.74, 6) is -0.245. The molecule has 0 fully saturated rings. The van der Waals surface area contributed by atoms with Crippen molar-refractivity contribution in [2.24, 2.45) is 0 Å². The number of fused-ring (bicyclic) bond motifs is 1. The summed E-state index contributed by atoms with van der Waals surface area (Å²) in [6.07, 6.45) is 4.01. The monoisotopic (exact) mass is 279 g/mol. The van der Waals surface area contributed by atoms with Crippen LogP contribution in [0.2, 0.25) is 0 Å². The van der Waals surface area contributed by atoms with Crippen molar-refractivity contribution in [3.05, 3.63) is 77.5 Å². The molecule has 0 saturated heterocycles. The highest BCUT2D eigenvalue weighted by atomic mass is 16.5. The summed E-state index contributed by atoms with van der Waals surface area (Å²) in [7, 11) is 1.43. The van der Waals surface area contributed by atoms with Crippen LogP contribution in [0.25, 0.3) is 6.08 Å². The summed E-state index contributed by atoms with van der Waals surface area (Å²) in [4.78, 5) is 14.2. The van der Waals surface area contributed by atoms with Gasteiger partial charge in [0.25, 0.3) is 0 Å². The van der Waals surface area contributed by atoms with Gasteiger partial charge in [-0.15, -0.1) is 0 Å². The first-order valence-corrected chi connectivity index (χ1v) is 6.94. The molecule has 3 nitrogen and oxygen atoms in total. The fourth-order valence-electron chi connectivity index (χ4n) is 2.65. The Morgan fingerprint density at radius 2 is 1.81 bits per heavy atom. The maximum absolute atomic E-state index is 12.2. The zero-order valence-corrected chi connectivity index (χ0v) is 11.9. The maximum Gasteiger partial charge on any atom is 0.333 e. The van der Waals surface area contributed by atoms with Crippen LogP contribution in [0, 0.1) is 0 Å². The summed E-state index contributed by atoms with van der Waals surface area (Å²) in [6.45, 7) is 0.696. The molecule has 1 atom stereocenters. The van der Waals surface area contributed by atoms with Crippen LogP contribution in [0.15, 0.2) is 60.8 Å². The molecule has 2 aromatic rings. The summed E-state index contributed by atoms with van der Waals surface area (Å²) >= 11 is 0. The van der Waals surface area contributed by atoms with Crippen LogP contribution in [0.1, 0.15) is 22.7 Å². The lowest BCUT2D eigenvalue weighted by molar-refractivity contribution is -0.146. The Bertz CT molecular complexity index is 664. The number of rotatable bonds is 3. The topological polar surface area (TPSA) is 29.5 Å². The molecule has 3 heteroatoms. The van der Waals surface area contributed by atoms with E-state index in [1.165, 1.54) is 18.2 Å². The quantitative estimate of drug-likeness (QED) is 0.807. The van der Waals surface area contributed by atoms with Crippen LogP contribution in [0.4, 0.5) is 0 Å². The van der Waals surface area contributed by atoms with Gasteiger partial charge in [0.05, 0.1) is 7.11 Å². The summed E-state index contributed by atoms with van der Waals surface area (Å²) < 4.78 is 4.99. The minimum absolute atomic E-state index is 0.245. The zero-order chi connectivity index (χ0) is 14.7. The third-order valence-electron chi connectivity index (χ3n) is 3.72. The smallest absolute Gasteiger partial charge is 0.333 e. The average Bonchev–Trinajstić information content (AvgIpc) is 2.56. The molecule has 3 rings (SSSR count). The maximum atomic E-state index is 12.2. The molecule has 106 valence electrons. The Labute approximate surface area is 124 Å². The number of carbonyl (C=O) groups excluding carboxylic acids is 1. The van der Waals surface area contributed by atoms with Gasteiger partial charge in [0.15, 0.2) is 6.04 Å². The number of methoxy groups -OCH3 is 1. The van der Waals surface area contributed by atoms with Gasteiger partial charge in [0.1, 0.15) is 0 Å². The first kappa shape index (κ1) is 13.4. The van der Waals surface area contributed by atoms with Crippen LogP contribution in [-0.2, 0) is 16.1 Å². The van der Waals surface area contributed by atoms with E-state index in [-0.39, 0.29) is 5.97 Å². The largest absolute Gasteiger partial charge is 0.467 e. The first-order valence-electron chi connectivity index (χ1n) is 6.94. The highest BCUT2D eigenvalue weighted by Gasteiger charge is 2.28. The molecule has 0 spiro atoms. The van der Waals surface area contributed by atoms with Crippen molar-refractivity contribution in [1.29, 1.82) is 0 Å². The van der Waals surface area contributed by atoms with Crippen LogP contribution in [-0.4, -0.2) is 18.0 Å². The second kappa shape index (κ2) is 5.83. The van der Waals surface area contributed by atoms with Gasteiger partial charge in [-0.05, 0) is 22.8 Å². The summed E-state index contributed by atoms with van der Waals surface area (Å²) in [5.41, 5.74) is 3.35. The van der Waals surface area contributed by atoms with Gasteiger partial charge >= 0.3 is 5.97 Å². The highest BCUT2D eigenvalue weighted by molar-refractivity contribution is 5.78. The van der Waals surface area contributed by atoms with Gasteiger partial charge in [-0.25, -0.2) is 4.79 Å². The first-order chi connectivity index (χ1) is 10.3. The Kier molecular flexibility index (Phi) is 3.73. The van der Waals surface area contributed by atoms with Gasteiger partial charge in [0, 0.05) is 12.7 Å². The van der Waals surface area contributed by atoms with Crippen molar-refractivity contribution in [3.8, 4) is 0 Å². The standard InChI is InChI=1S/C18H17NO2/c1-21-18(20)17(15-8-3-2-4-9-15)19-12-11-14-7-5-6-10-16(14)13-19/h2-12,17H,13H2,1H3. The molecule has 1 aliphatic rings. The van der Waals surface area contributed by atoms with E-state index in [4.69, 9.17) is 4.74 Å². The number of carbonyl (C=O) groups is 1. The Hall–Kier alpha value is -2.55. The van der Waals surface area contributed by atoms with E-state index < -0.39 is 6.04 Å². The molecule has 21 heavy (non-hydrogen) atoms. The second-order valence-corrected chi connectivity index (χ2v) is 5.02. The van der Waals surface area contributed by atoms with Gasteiger partial charge in [-0.1, -0.05) is 54.6 Å². The van der Waals surface area contributed by atoms with Crippen LogP contribution in [0.3, 0.4) is 0 Å². The predicted molar refractivity (Wildman–Crippen MR) is 82.2 cm³/mol. The molecule has 0 aromatic heterocycles. The second-order valence-electron chi connectivity index (χ2n) is 5.02. The van der Waals surface area contributed by atoms with E-state index in [1.807, 2.05) is 59.6 Å². The molecule has 0 N–H and O–H groups in total. The van der Waals surface area contributed by atoms with E-state index in [2.05, 4.69) is 12.1 Å². The number of benzene rings is 2. The van der Waals surface area contributed by atoms with Crippen LogP contribution in [0.5, 0.6) is 0 Å². The van der Waals surface area contributed by atoms with Crippen LogP contribution < -0.4 is 0 Å². The molecule has 0 bridgehead atoms. The Balaban J connectivity index is 1.94. The van der Waals surface area contributed by atoms with Gasteiger partial charge < -0.3 is 9.64 Å². The fraction of sp³-hybridized carbons (Fsp3) is 0.167. The Morgan fingerprint density at radius 1 is 1.10 bits per heavy atom. The molecule has 0 radical (unpaired) electrons. The minimum atomic E-state index is -0.416. The molecule has 1 unspecified atom stereocenters. The van der Waals surface area contributed by atoms with E-state index in [0.717, 1.165) is 5.56 Å². The molecule has 0 saturated carbocycles. The number of hydrogen-bond acceptors (Lipinski definition) is 3. The van der Waals surface area contributed by atoms with Crippen molar-refractivity contribution in [3.63, 3.8) is 0 Å². The summed E-state index contributed by atoms with van der Waals surface area (Å²) in [5, 5.41) is 0. The van der Waals surface area contributed by atoms with E-state index in [9.17, 15) is 4.79 Å². The molecule has 0 amide bonds. The SMILES string of the molecule is COC(=O)C(c1ccccc1)N1C=Cc2ccccc2C1. The van der Waals surface area contributed by atoms with Gasteiger partial charge in [-0.2, -0.15) is 0 Å². The minimum Gasteiger partial charge on any atom is -0.467 e. The lowest BCUT2D eigenvalue weighted by atomic mass is 10.00. The van der Waals surface area contributed by atoms with Crippen molar-refractivity contribution in [1.82, 2.24) is 4.90 Å². The van der Waals surface area contributed by atoms with Gasteiger partial charge in [0.2, 0.25) is 0 Å². The van der Waals surface area contributed by atoms with E-state index >= 15 is 0 Å². The molecule has 2 aromatic carbocycles. The van der Waals surface area contributed by atoms with Crippen molar-refractivity contribution in [2.75, 3.05) is 7.11 Å². The Morgan fingerprint density at radius 3 is 2.57 bits per heavy atom. The van der Waals surface area contributed by atoms with Crippen molar-refractivity contribution < 1.29 is 9.53 Å². The van der Waals surface area contributed by atoms with Gasteiger partial charge in [-0.3, -0.25) is 0 Å². The van der Waals surface area contributed by atoms with Crippen LogP contribution >= 0.6 is 0 Å². The molecular weight excluding hydrogens is 262 g/mol. The molecule has 1 heterocycles. The van der Waals surface area contributed by atoms with E-state index in [1.54, 1.807) is 0 Å². The summed E-state index contributed by atoms with van der Waals surface area (Å²) in [6, 6.07) is 17.5. The zero-order valence-electron chi connectivity index (χ0n) is 11.9. The predicted octanol–water partition coefficient (Wildman–Crippen LogP) is 3.39. The molecule has 1 aliphatic heterocycles. The van der Waals surface area contributed by atoms with E-state index in [0.29, 0.717) is 6.54 Å². The normalized spacial score (nSPS) is 14.4. The number of ether oxygens (including phenoxy) is 1. The number of hydrogen-bond donors (Lipinski definition) is 0. The lowest BCUT2D eigenvalue weighted by Gasteiger charge is -2.32.